The zero-order chi connectivity index (χ0) is 9.97. The number of aromatic nitrogens is 2. The predicted octanol–water partition coefficient (Wildman–Crippen LogP) is 1.24. The lowest BCUT2D eigenvalue weighted by Crippen LogP contribution is -2.22. The first-order chi connectivity index (χ1) is 6.75. The van der Waals surface area contributed by atoms with Crippen LogP contribution in [0.15, 0.2) is 12.3 Å². The first-order valence-electron chi connectivity index (χ1n) is 5.28. The Labute approximate surface area is 84.7 Å². The zero-order valence-corrected chi connectivity index (χ0v) is 8.83. The number of nitrogens with one attached hydrogen (secondary N) is 2. The number of anilines is 1. The summed E-state index contributed by atoms with van der Waals surface area (Å²) in [5.41, 5.74) is 0. The third-order valence-electron chi connectivity index (χ3n) is 2.55. The second-order valence-corrected chi connectivity index (χ2v) is 4.11. The van der Waals surface area contributed by atoms with Crippen molar-refractivity contribution in [1.82, 2.24) is 15.1 Å². The highest BCUT2D eigenvalue weighted by molar-refractivity contribution is 5.34. The van der Waals surface area contributed by atoms with Crippen LogP contribution in [-0.2, 0) is 0 Å². The standard InChI is InChI=1S/C10H18N4/c1-8(2)14-6-4-10(13-14)12-9-3-5-11-7-9/h4,6,8-9,11H,3,5,7H2,1-2H3,(H,12,13). The Kier molecular flexibility index (Phi) is 2.72. The molecule has 4 heteroatoms. The second-order valence-electron chi connectivity index (χ2n) is 4.11. The fourth-order valence-electron chi connectivity index (χ4n) is 1.69. The van der Waals surface area contributed by atoms with Crippen LogP contribution < -0.4 is 10.6 Å². The average Bonchev–Trinajstić information content (AvgIpc) is 2.75. The van der Waals surface area contributed by atoms with E-state index in [4.69, 9.17) is 0 Å². The highest BCUT2D eigenvalue weighted by Gasteiger charge is 2.14. The van der Waals surface area contributed by atoms with Crippen molar-refractivity contribution in [2.75, 3.05) is 18.4 Å². The average molecular weight is 194 g/mol. The molecule has 78 valence electrons. The van der Waals surface area contributed by atoms with E-state index in [1.54, 1.807) is 0 Å². The molecule has 0 bridgehead atoms. The molecule has 1 atom stereocenters. The van der Waals surface area contributed by atoms with Crippen molar-refractivity contribution in [3.05, 3.63) is 12.3 Å². The summed E-state index contributed by atoms with van der Waals surface area (Å²) in [4.78, 5) is 0. The van der Waals surface area contributed by atoms with Gasteiger partial charge in [0.25, 0.3) is 0 Å². The van der Waals surface area contributed by atoms with Crippen LogP contribution in [0.2, 0.25) is 0 Å². The topological polar surface area (TPSA) is 41.9 Å². The molecule has 1 saturated heterocycles. The summed E-state index contributed by atoms with van der Waals surface area (Å²) in [6.07, 6.45) is 3.21. The van der Waals surface area contributed by atoms with Crippen LogP contribution >= 0.6 is 0 Å². The van der Waals surface area contributed by atoms with Crippen LogP contribution in [0, 0.1) is 0 Å². The molecule has 2 N–H and O–H groups in total. The minimum atomic E-state index is 0.437. The van der Waals surface area contributed by atoms with Crippen LogP contribution in [0.1, 0.15) is 26.3 Å². The molecule has 0 aliphatic carbocycles. The van der Waals surface area contributed by atoms with E-state index in [9.17, 15) is 0 Å². The lowest BCUT2D eigenvalue weighted by atomic mass is 10.3. The van der Waals surface area contributed by atoms with E-state index in [0.29, 0.717) is 12.1 Å². The highest BCUT2D eigenvalue weighted by atomic mass is 15.3. The minimum Gasteiger partial charge on any atom is -0.365 e. The van der Waals surface area contributed by atoms with Gasteiger partial charge in [-0.2, -0.15) is 5.10 Å². The van der Waals surface area contributed by atoms with Gasteiger partial charge >= 0.3 is 0 Å². The fourth-order valence-corrected chi connectivity index (χ4v) is 1.69. The molecule has 1 unspecified atom stereocenters. The van der Waals surface area contributed by atoms with Crippen LogP contribution in [0.4, 0.5) is 5.82 Å². The smallest absolute Gasteiger partial charge is 0.148 e. The molecule has 1 aliphatic rings. The third kappa shape index (κ3) is 2.07. The van der Waals surface area contributed by atoms with Gasteiger partial charge < -0.3 is 10.6 Å². The number of rotatable bonds is 3. The van der Waals surface area contributed by atoms with Gasteiger partial charge in [-0.05, 0) is 26.8 Å². The molecule has 14 heavy (non-hydrogen) atoms. The van der Waals surface area contributed by atoms with E-state index < -0.39 is 0 Å². The highest BCUT2D eigenvalue weighted by Crippen LogP contribution is 2.11. The maximum atomic E-state index is 4.45. The van der Waals surface area contributed by atoms with Gasteiger partial charge in [0.05, 0.1) is 0 Å². The van der Waals surface area contributed by atoms with E-state index >= 15 is 0 Å². The molecule has 1 aromatic rings. The molecular formula is C10H18N4. The lowest BCUT2D eigenvalue weighted by molar-refractivity contribution is 0.533. The maximum Gasteiger partial charge on any atom is 0.148 e. The van der Waals surface area contributed by atoms with E-state index in [1.165, 1.54) is 6.42 Å². The first-order valence-corrected chi connectivity index (χ1v) is 5.28. The van der Waals surface area contributed by atoms with Gasteiger partial charge in [0.1, 0.15) is 5.82 Å². The van der Waals surface area contributed by atoms with Gasteiger partial charge in [0.15, 0.2) is 0 Å². The Morgan fingerprint density at radius 1 is 1.64 bits per heavy atom. The SMILES string of the molecule is CC(C)n1ccc(NC2CCNC2)n1. The summed E-state index contributed by atoms with van der Waals surface area (Å²) in [5, 5.41) is 11.2. The van der Waals surface area contributed by atoms with E-state index in [0.717, 1.165) is 18.9 Å². The maximum absolute atomic E-state index is 4.45. The van der Waals surface area contributed by atoms with Gasteiger partial charge in [0, 0.05) is 30.9 Å². The number of nitrogens with zero attached hydrogens (tertiary/aromatic N) is 2. The summed E-state index contributed by atoms with van der Waals surface area (Å²) in [5.74, 6) is 0.993. The molecule has 1 aromatic heterocycles. The monoisotopic (exact) mass is 194 g/mol. The molecule has 1 aliphatic heterocycles. The lowest BCUT2D eigenvalue weighted by Gasteiger charge is -2.10. The number of hydrogen-bond donors (Lipinski definition) is 2. The largest absolute Gasteiger partial charge is 0.365 e. The van der Waals surface area contributed by atoms with E-state index in [2.05, 4.69) is 29.6 Å². The molecule has 0 aromatic carbocycles. The van der Waals surface area contributed by atoms with Crippen molar-refractivity contribution in [1.29, 1.82) is 0 Å². The van der Waals surface area contributed by atoms with Crippen LogP contribution in [0.3, 0.4) is 0 Å². The summed E-state index contributed by atoms with van der Waals surface area (Å²) in [7, 11) is 0. The van der Waals surface area contributed by atoms with Crippen LogP contribution in [0.25, 0.3) is 0 Å². The Hall–Kier alpha value is -1.03. The Bertz CT molecular complexity index is 286. The van der Waals surface area contributed by atoms with Crippen LogP contribution in [-0.4, -0.2) is 28.9 Å². The van der Waals surface area contributed by atoms with Crippen LogP contribution in [0.5, 0.6) is 0 Å². The molecular weight excluding hydrogens is 176 g/mol. The summed E-state index contributed by atoms with van der Waals surface area (Å²) < 4.78 is 1.98. The van der Waals surface area contributed by atoms with E-state index in [1.807, 2.05) is 16.9 Å². The Morgan fingerprint density at radius 3 is 3.07 bits per heavy atom. The molecule has 0 radical (unpaired) electrons. The summed E-state index contributed by atoms with van der Waals surface area (Å²) in [6.45, 7) is 6.43. The molecule has 2 heterocycles. The zero-order valence-electron chi connectivity index (χ0n) is 8.83. The minimum absolute atomic E-state index is 0.437. The fraction of sp³-hybridized carbons (Fsp3) is 0.700. The predicted molar refractivity (Wildman–Crippen MR) is 57.5 cm³/mol. The van der Waals surface area contributed by atoms with Crippen molar-refractivity contribution in [3.63, 3.8) is 0 Å². The third-order valence-corrected chi connectivity index (χ3v) is 2.55. The van der Waals surface area contributed by atoms with Crippen molar-refractivity contribution >= 4 is 5.82 Å². The van der Waals surface area contributed by atoms with Gasteiger partial charge in [-0.3, -0.25) is 4.68 Å². The number of hydrogen-bond acceptors (Lipinski definition) is 3. The molecule has 2 rings (SSSR count). The van der Waals surface area contributed by atoms with Crippen molar-refractivity contribution in [3.8, 4) is 0 Å². The van der Waals surface area contributed by atoms with Gasteiger partial charge in [0.2, 0.25) is 0 Å². The van der Waals surface area contributed by atoms with Gasteiger partial charge in [-0.25, -0.2) is 0 Å². The molecule has 0 amide bonds. The molecule has 1 fully saturated rings. The normalized spacial score (nSPS) is 21.8. The van der Waals surface area contributed by atoms with Gasteiger partial charge in [-0.1, -0.05) is 0 Å². The summed E-state index contributed by atoms with van der Waals surface area (Å²) in [6, 6.07) is 3.02. The van der Waals surface area contributed by atoms with Gasteiger partial charge in [-0.15, -0.1) is 0 Å². The first kappa shape index (κ1) is 9.52. The Morgan fingerprint density at radius 2 is 2.50 bits per heavy atom. The van der Waals surface area contributed by atoms with Crippen molar-refractivity contribution in [2.45, 2.75) is 32.4 Å². The Balaban J connectivity index is 1.95. The molecule has 0 spiro atoms. The van der Waals surface area contributed by atoms with Crippen molar-refractivity contribution in [2.24, 2.45) is 0 Å². The summed E-state index contributed by atoms with van der Waals surface area (Å²) >= 11 is 0. The van der Waals surface area contributed by atoms with E-state index in [-0.39, 0.29) is 0 Å². The van der Waals surface area contributed by atoms with Crippen molar-refractivity contribution < 1.29 is 0 Å². The molecule has 0 saturated carbocycles. The second kappa shape index (κ2) is 4.00. The molecule has 4 nitrogen and oxygen atoms in total. The quantitative estimate of drug-likeness (QED) is 0.760.